The molecule has 0 aromatic rings. The molecule has 9 N–H and O–H groups in total. The van der Waals surface area contributed by atoms with Gasteiger partial charge in [0.2, 0.25) is 5.91 Å². The fourth-order valence-electron chi connectivity index (χ4n) is 8.73. The molecule has 0 aliphatic heterocycles. The number of rotatable bonds is 49. The monoisotopic (exact) mass is 876 g/mol. The van der Waals surface area contributed by atoms with Gasteiger partial charge in [0, 0.05) is 12.8 Å². The number of carbonyl (C=O) groups is 3. The highest BCUT2D eigenvalue weighted by Gasteiger charge is 2.49. The summed E-state index contributed by atoms with van der Waals surface area (Å²) < 4.78 is -0.129. The quantitative estimate of drug-likeness (QED) is 0.0199. The maximum Gasteiger partial charge on any atom is 0.363 e. The topological polar surface area (TPSA) is 174 Å². The maximum absolute atomic E-state index is 15.1. The van der Waals surface area contributed by atoms with Crippen molar-refractivity contribution in [3.05, 3.63) is 24.3 Å². The van der Waals surface area contributed by atoms with Crippen molar-refractivity contribution in [2.75, 3.05) is 45.8 Å². The molecule has 0 aliphatic rings. The van der Waals surface area contributed by atoms with E-state index in [0.717, 1.165) is 96.6 Å². The molecule has 2 amide bonds. The number of carboxylic acids is 1. The molecule has 0 aromatic heterocycles. The number of quaternary nitrogens is 1. The number of nitrogens with two attached hydrogens (primary N) is 3. The van der Waals surface area contributed by atoms with Crippen LogP contribution in [0.25, 0.3) is 0 Å². The first-order valence-electron chi connectivity index (χ1n) is 26.4. The first kappa shape index (κ1) is 59.9. The van der Waals surface area contributed by atoms with Crippen LogP contribution < -0.4 is 27.8 Å². The first-order chi connectivity index (χ1) is 30.3. The molecule has 0 fully saturated rings. The molecule has 0 spiro atoms. The first-order valence-corrected chi connectivity index (χ1v) is 26.4. The fourth-order valence-corrected chi connectivity index (χ4v) is 8.73. The Balaban J connectivity index is 5.67. The lowest BCUT2D eigenvalue weighted by Gasteiger charge is -2.43. The number of aliphatic carboxylic acids is 1. The molecule has 0 unspecified atom stereocenters. The number of hydrogen-bond acceptors (Lipinski definition) is 7. The lowest BCUT2D eigenvalue weighted by Crippen LogP contribution is -2.67. The van der Waals surface area contributed by atoms with E-state index < -0.39 is 24.0 Å². The van der Waals surface area contributed by atoms with Gasteiger partial charge in [0.05, 0.1) is 13.1 Å². The van der Waals surface area contributed by atoms with Gasteiger partial charge in [-0.1, -0.05) is 141 Å². The number of nitrogens with zero attached hydrogens (tertiary/aromatic N) is 1. The molecule has 10 heteroatoms. The van der Waals surface area contributed by atoms with E-state index >= 15 is 4.79 Å². The van der Waals surface area contributed by atoms with Crippen LogP contribution in [0.1, 0.15) is 232 Å². The highest BCUT2D eigenvalue weighted by atomic mass is 16.4. The number of carbonyl (C=O) groups excluding carboxylic acids is 2. The zero-order chi connectivity index (χ0) is 45.6. The summed E-state index contributed by atoms with van der Waals surface area (Å²) in [5, 5.41) is 17.8. The Labute approximate surface area is 382 Å². The van der Waals surface area contributed by atoms with Crippen molar-refractivity contribution in [1.29, 1.82) is 0 Å². The van der Waals surface area contributed by atoms with Crippen LogP contribution in [0.4, 0.5) is 0 Å². The van der Waals surface area contributed by atoms with E-state index in [1.807, 2.05) is 0 Å². The molecule has 0 heterocycles. The van der Waals surface area contributed by atoms with Crippen molar-refractivity contribution in [3.63, 3.8) is 0 Å². The standard InChI is InChI=1S/C52H102N6O4/c1-3-5-7-9-11-13-15-17-19-21-23-25-27-29-31-33-46-58(49(52(61)62)39-40-50(55)59,51(60)48(57-45-37-42-54)38-35-43-56-44-36-41-53)47-34-32-30-28-26-24-22-20-18-16-14-12-10-8-6-4-2/h17-20,48-49,56-57H,3-16,21-47,53-54H2,1-2H3,(H2-,55,59,61,62)/p+1/b19-17-,20-18-/t48-,49-/m0/s1. The Bertz CT molecular complexity index is 1040. The maximum atomic E-state index is 15.1. The molecular weight excluding hydrogens is 773 g/mol. The molecule has 2 atom stereocenters. The van der Waals surface area contributed by atoms with Crippen LogP contribution in [-0.2, 0) is 14.4 Å². The highest BCUT2D eigenvalue weighted by Crippen LogP contribution is 2.27. The Kier molecular flexibility index (Phi) is 43.9. The van der Waals surface area contributed by atoms with Gasteiger partial charge in [-0.25, -0.2) is 14.1 Å². The van der Waals surface area contributed by atoms with E-state index in [4.69, 9.17) is 17.2 Å². The van der Waals surface area contributed by atoms with E-state index in [0.29, 0.717) is 39.1 Å². The predicted molar refractivity (Wildman–Crippen MR) is 265 cm³/mol. The Morgan fingerprint density at radius 1 is 0.516 bits per heavy atom. The Morgan fingerprint density at radius 2 is 0.903 bits per heavy atom. The van der Waals surface area contributed by atoms with Crippen molar-refractivity contribution < 1.29 is 24.0 Å². The van der Waals surface area contributed by atoms with Crippen LogP contribution in [0.15, 0.2) is 24.3 Å². The summed E-state index contributed by atoms with van der Waals surface area (Å²) in [6, 6.07) is -1.53. The molecule has 0 aliphatic carbocycles. The average molecular weight is 876 g/mol. The number of allylic oxidation sites excluding steroid dienone is 4. The lowest BCUT2D eigenvalue weighted by molar-refractivity contribution is -0.873. The molecule has 62 heavy (non-hydrogen) atoms. The second kappa shape index (κ2) is 45.5. The summed E-state index contributed by atoms with van der Waals surface area (Å²) >= 11 is 0. The summed E-state index contributed by atoms with van der Waals surface area (Å²) in [6.45, 7) is 8.77. The third-order valence-corrected chi connectivity index (χ3v) is 12.6. The second-order valence-corrected chi connectivity index (χ2v) is 18.2. The van der Waals surface area contributed by atoms with E-state index in [-0.39, 0.29) is 23.2 Å². The third kappa shape index (κ3) is 34.3. The largest absolute Gasteiger partial charge is 0.477 e. The number of hydrogen-bond donors (Lipinski definition) is 6. The molecule has 0 aromatic carbocycles. The second-order valence-electron chi connectivity index (χ2n) is 18.2. The van der Waals surface area contributed by atoms with Gasteiger partial charge in [-0.3, -0.25) is 4.79 Å². The molecule has 10 nitrogen and oxygen atoms in total. The molecule has 0 saturated carbocycles. The van der Waals surface area contributed by atoms with Gasteiger partial charge in [0.1, 0.15) is 6.04 Å². The minimum atomic E-state index is -1.03. The van der Waals surface area contributed by atoms with E-state index in [1.54, 1.807) is 0 Å². The van der Waals surface area contributed by atoms with Crippen LogP contribution in [0.3, 0.4) is 0 Å². The molecule has 364 valence electrons. The molecule has 0 radical (unpaired) electrons. The van der Waals surface area contributed by atoms with Crippen LogP contribution in [0.2, 0.25) is 0 Å². The van der Waals surface area contributed by atoms with Crippen LogP contribution in [0, 0.1) is 0 Å². The fraction of sp³-hybridized carbons (Fsp3) is 0.865. The van der Waals surface area contributed by atoms with Gasteiger partial charge in [-0.2, -0.15) is 0 Å². The summed E-state index contributed by atoms with van der Waals surface area (Å²) in [7, 11) is 0. The summed E-state index contributed by atoms with van der Waals surface area (Å²) in [5.74, 6) is -1.60. The van der Waals surface area contributed by atoms with E-state index in [2.05, 4.69) is 48.8 Å². The van der Waals surface area contributed by atoms with E-state index in [9.17, 15) is 14.7 Å². The van der Waals surface area contributed by atoms with Gasteiger partial charge >= 0.3 is 11.9 Å². The smallest absolute Gasteiger partial charge is 0.363 e. The summed E-state index contributed by atoms with van der Waals surface area (Å²) in [5.41, 5.74) is 17.2. The van der Waals surface area contributed by atoms with Crippen LogP contribution in [0.5, 0.6) is 0 Å². The zero-order valence-corrected chi connectivity index (χ0v) is 40.8. The van der Waals surface area contributed by atoms with Gasteiger partial charge < -0.3 is 32.9 Å². The van der Waals surface area contributed by atoms with Gasteiger partial charge in [-0.05, 0) is 135 Å². The molecule has 0 saturated heterocycles. The summed E-state index contributed by atoms with van der Waals surface area (Å²) in [6.07, 6.45) is 45.7. The number of primary amides is 1. The number of nitrogens with one attached hydrogen (secondary N) is 2. The van der Waals surface area contributed by atoms with Gasteiger partial charge in [0.25, 0.3) is 0 Å². The summed E-state index contributed by atoms with van der Waals surface area (Å²) in [4.78, 5) is 40.5. The van der Waals surface area contributed by atoms with Crippen molar-refractivity contribution in [1.82, 2.24) is 10.6 Å². The molecular formula is C52H103N6O4+. The third-order valence-electron chi connectivity index (χ3n) is 12.6. The number of unbranched alkanes of at least 4 members (excludes halogenated alkanes) is 24. The van der Waals surface area contributed by atoms with Crippen molar-refractivity contribution in [3.8, 4) is 0 Å². The van der Waals surface area contributed by atoms with Gasteiger partial charge in [0.15, 0.2) is 6.04 Å². The Hall–Kier alpha value is -2.11. The van der Waals surface area contributed by atoms with E-state index in [1.165, 1.54) is 116 Å². The lowest BCUT2D eigenvalue weighted by atomic mass is 9.97. The number of amides is 2. The molecule has 0 rings (SSSR count). The average Bonchev–Trinajstić information content (AvgIpc) is 3.25. The minimum Gasteiger partial charge on any atom is -0.477 e. The molecule has 0 bridgehead atoms. The van der Waals surface area contributed by atoms with Crippen molar-refractivity contribution >= 4 is 17.8 Å². The zero-order valence-electron chi connectivity index (χ0n) is 40.8. The highest BCUT2D eigenvalue weighted by molar-refractivity contribution is 5.81. The van der Waals surface area contributed by atoms with Crippen molar-refractivity contribution in [2.24, 2.45) is 17.2 Å². The van der Waals surface area contributed by atoms with Crippen LogP contribution in [-0.4, -0.2) is 85.3 Å². The number of carboxylic acid groups (broad SMARTS) is 1. The Morgan fingerprint density at radius 3 is 1.31 bits per heavy atom. The normalized spacial score (nSPS) is 13.1. The minimum absolute atomic E-state index is 0.0542. The van der Waals surface area contributed by atoms with Crippen molar-refractivity contribution in [2.45, 2.75) is 244 Å². The van der Waals surface area contributed by atoms with Gasteiger partial charge in [-0.15, -0.1) is 0 Å². The predicted octanol–water partition coefficient (Wildman–Crippen LogP) is 11.1. The SMILES string of the molecule is CCCCCCCC/C=C\CCCCCCCC[N+](CCCCCCCC/C=C\CCCCCCCC)(C(=O)[C@H](CCCNCCCN)NCCCN)[C@@H](CCC(N)=O)C(=O)O. The van der Waals surface area contributed by atoms with Crippen LogP contribution >= 0.6 is 0 Å².